The van der Waals surface area contributed by atoms with Crippen molar-refractivity contribution >= 4 is 17.4 Å². The predicted molar refractivity (Wildman–Crippen MR) is 65.3 cm³/mol. The standard InChI is InChI=1S/C12H12ClN3O/c1-8(2)16-11(9(13)7-15-16)12(17)10-5-3-4-6-14-10/h3-8H,1-2H3. The number of aromatic nitrogens is 3. The van der Waals surface area contributed by atoms with Crippen LogP contribution in [0.2, 0.25) is 5.02 Å². The molecule has 0 fully saturated rings. The first kappa shape index (κ1) is 11.8. The SMILES string of the molecule is CC(C)n1ncc(Cl)c1C(=O)c1ccccn1. The van der Waals surface area contributed by atoms with E-state index >= 15 is 0 Å². The van der Waals surface area contributed by atoms with Crippen molar-refractivity contribution in [3.05, 3.63) is 47.0 Å². The van der Waals surface area contributed by atoms with Crippen LogP contribution >= 0.6 is 11.6 Å². The lowest BCUT2D eigenvalue weighted by molar-refractivity contribution is 0.102. The van der Waals surface area contributed by atoms with Gasteiger partial charge in [0.15, 0.2) is 0 Å². The van der Waals surface area contributed by atoms with Crippen LogP contribution in [0.15, 0.2) is 30.6 Å². The molecule has 0 N–H and O–H groups in total. The molecular formula is C12H12ClN3O. The highest BCUT2D eigenvalue weighted by Crippen LogP contribution is 2.21. The maximum Gasteiger partial charge on any atom is 0.230 e. The molecule has 0 saturated heterocycles. The van der Waals surface area contributed by atoms with E-state index in [1.165, 1.54) is 6.20 Å². The Kier molecular flexibility index (Phi) is 3.24. The molecule has 0 atom stereocenters. The van der Waals surface area contributed by atoms with Gasteiger partial charge in [-0.05, 0) is 26.0 Å². The van der Waals surface area contributed by atoms with Crippen LogP contribution in [-0.2, 0) is 0 Å². The van der Waals surface area contributed by atoms with Gasteiger partial charge in [0.1, 0.15) is 11.4 Å². The van der Waals surface area contributed by atoms with Gasteiger partial charge in [-0.15, -0.1) is 0 Å². The van der Waals surface area contributed by atoms with E-state index in [9.17, 15) is 4.79 Å². The fraction of sp³-hybridized carbons (Fsp3) is 0.250. The first-order valence-corrected chi connectivity index (χ1v) is 5.67. The van der Waals surface area contributed by atoms with E-state index in [0.717, 1.165) is 0 Å². The summed E-state index contributed by atoms with van der Waals surface area (Å²) in [6.45, 7) is 3.89. The van der Waals surface area contributed by atoms with Gasteiger partial charge in [-0.1, -0.05) is 17.7 Å². The first-order valence-electron chi connectivity index (χ1n) is 5.30. The van der Waals surface area contributed by atoms with Gasteiger partial charge in [0.2, 0.25) is 5.78 Å². The molecule has 0 radical (unpaired) electrons. The lowest BCUT2D eigenvalue weighted by atomic mass is 10.2. The third kappa shape index (κ3) is 2.22. The summed E-state index contributed by atoms with van der Waals surface area (Å²) < 4.78 is 1.61. The third-order valence-electron chi connectivity index (χ3n) is 2.35. The Bertz CT molecular complexity index is 534. The van der Waals surface area contributed by atoms with Gasteiger partial charge >= 0.3 is 0 Å². The number of rotatable bonds is 3. The van der Waals surface area contributed by atoms with Gasteiger partial charge in [0, 0.05) is 12.2 Å². The smallest absolute Gasteiger partial charge is 0.230 e. The second kappa shape index (κ2) is 4.67. The van der Waals surface area contributed by atoms with Gasteiger partial charge in [-0.2, -0.15) is 5.10 Å². The third-order valence-corrected chi connectivity index (χ3v) is 2.63. The minimum Gasteiger partial charge on any atom is -0.285 e. The zero-order chi connectivity index (χ0) is 12.4. The fourth-order valence-corrected chi connectivity index (χ4v) is 1.78. The number of carbonyl (C=O) groups excluding carboxylic acids is 1. The molecule has 5 heteroatoms. The van der Waals surface area contributed by atoms with Crippen molar-refractivity contribution in [1.29, 1.82) is 0 Å². The normalized spacial score (nSPS) is 10.8. The largest absolute Gasteiger partial charge is 0.285 e. The van der Waals surface area contributed by atoms with Crippen molar-refractivity contribution in [2.45, 2.75) is 19.9 Å². The summed E-state index contributed by atoms with van der Waals surface area (Å²) >= 11 is 6.00. The molecule has 0 bridgehead atoms. The quantitative estimate of drug-likeness (QED) is 0.786. The summed E-state index contributed by atoms with van der Waals surface area (Å²) in [4.78, 5) is 16.3. The number of pyridine rings is 1. The minimum absolute atomic E-state index is 0.0742. The molecule has 0 aliphatic heterocycles. The van der Waals surface area contributed by atoms with E-state index in [0.29, 0.717) is 16.4 Å². The lowest BCUT2D eigenvalue weighted by Gasteiger charge is -2.09. The Morgan fingerprint density at radius 3 is 2.76 bits per heavy atom. The van der Waals surface area contributed by atoms with Crippen molar-refractivity contribution in [1.82, 2.24) is 14.8 Å². The van der Waals surface area contributed by atoms with Crippen LogP contribution < -0.4 is 0 Å². The van der Waals surface area contributed by atoms with Gasteiger partial charge < -0.3 is 0 Å². The highest BCUT2D eigenvalue weighted by atomic mass is 35.5. The van der Waals surface area contributed by atoms with Crippen LogP contribution in [0.5, 0.6) is 0 Å². The first-order chi connectivity index (χ1) is 8.11. The monoisotopic (exact) mass is 249 g/mol. The predicted octanol–water partition coefficient (Wildman–Crippen LogP) is 2.74. The zero-order valence-corrected chi connectivity index (χ0v) is 10.3. The number of hydrogen-bond acceptors (Lipinski definition) is 3. The van der Waals surface area contributed by atoms with Gasteiger partial charge in [-0.25, -0.2) is 0 Å². The van der Waals surface area contributed by atoms with E-state index < -0.39 is 0 Å². The summed E-state index contributed by atoms with van der Waals surface area (Å²) in [5.74, 6) is -0.207. The average Bonchev–Trinajstić information content (AvgIpc) is 2.71. The number of halogens is 1. The summed E-state index contributed by atoms with van der Waals surface area (Å²) in [5, 5.41) is 4.45. The molecule has 2 aromatic heterocycles. The topological polar surface area (TPSA) is 47.8 Å². The van der Waals surface area contributed by atoms with Crippen LogP contribution in [0, 0.1) is 0 Å². The molecule has 2 aromatic rings. The molecule has 0 aromatic carbocycles. The Morgan fingerprint density at radius 2 is 2.18 bits per heavy atom. The van der Waals surface area contributed by atoms with E-state index in [2.05, 4.69) is 10.1 Å². The van der Waals surface area contributed by atoms with Crippen LogP contribution in [-0.4, -0.2) is 20.5 Å². The second-order valence-electron chi connectivity index (χ2n) is 3.92. The molecule has 2 rings (SSSR count). The highest BCUT2D eigenvalue weighted by Gasteiger charge is 2.21. The summed E-state index contributed by atoms with van der Waals surface area (Å²) in [7, 11) is 0. The van der Waals surface area contributed by atoms with Crippen LogP contribution in [0.1, 0.15) is 36.1 Å². The van der Waals surface area contributed by atoms with E-state index in [4.69, 9.17) is 11.6 Å². The molecular weight excluding hydrogens is 238 g/mol. The highest BCUT2D eigenvalue weighted by molar-refractivity contribution is 6.34. The van der Waals surface area contributed by atoms with Crippen molar-refractivity contribution in [3.8, 4) is 0 Å². The number of ketones is 1. The summed E-state index contributed by atoms with van der Waals surface area (Å²) in [6, 6.07) is 5.27. The molecule has 2 heterocycles. The molecule has 17 heavy (non-hydrogen) atoms. The number of carbonyl (C=O) groups is 1. The molecule has 0 unspecified atom stereocenters. The van der Waals surface area contributed by atoms with Crippen molar-refractivity contribution in [2.24, 2.45) is 0 Å². The van der Waals surface area contributed by atoms with Crippen LogP contribution in [0.4, 0.5) is 0 Å². The molecule has 0 aliphatic rings. The lowest BCUT2D eigenvalue weighted by Crippen LogP contribution is -2.14. The van der Waals surface area contributed by atoms with Crippen molar-refractivity contribution < 1.29 is 4.79 Å². The Labute approximate surface area is 104 Å². The van der Waals surface area contributed by atoms with E-state index in [-0.39, 0.29) is 11.8 Å². The average molecular weight is 250 g/mol. The summed E-state index contributed by atoms with van der Waals surface area (Å²) in [6.07, 6.45) is 3.06. The molecule has 0 aliphatic carbocycles. The van der Waals surface area contributed by atoms with Gasteiger partial charge in [0.05, 0.1) is 11.2 Å². The molecule has 0 saturated carbocycles. The van der Waals surface area contributed by atoms with E-state index in [1.54, 1.807) is 29.1 Å². The Balaban J connectivity index is 2.48. The molecule has 0 amide bonds. The van der Waals surface area contributed by atoms with Crippen LogP contribution in [0.3, 0.4) is 0 Å². The Hall–Kier alpha value is -1.68. The number of nitrogens with zero attached hydrogens (tertiary/aromatic N) is 3. The molecule has 0 spiro atoms. The fourth-order valence-electron chi connectivity index (χ4n) is 1.56. The molecule has 4 nitrogen and oxygen atoms in total. The molecule has 88 valence electrons. The van der Waals surface area contributed by atoms with Crippen molar-refractivity contribution in [3.63, 3.8) is 0 Å². The maximum atomic E-state index is 12.2. The minimum atomic E-state index is -0.207. The number of hydrogen-bond donors (Lipinski definition) is 0. The van der Waals surface area contributed by atoms with E-state index in [1.807, 2.05) is 13.8 Å². The van der Waals surface area contributed by atoms with Crippen molar-refractivity contribution in [2.75, 3.05) is 0 Å². The summed E-state index contributed by atoms with van der Waals surface area (Å²) in [5.41, 5.74) is 0.761. The maximum absolute atomic E-state index is 12.2. The van der Waals surface area contributed by atoms with Gasteiger partial charge in [-0.3, -0.25) is 14.5 Å². The zero-order valence-electron chi connectivity index (χ0n) is 9.59. The second-order valence-corrected chi connectivity index (χ2v) is 4.33. The van der Waals surface area contributed by atoms with Crippen LogP contribution in [0.25, 0.3) is 0 Å². The Morgan fingerprint density at radius 1 is 1.41 bits per heavy atom. The van der Waals surface area contributed by atoms with Gasteiger partial charge in [0.25, 0.3) is 0 Å².